The molecule has 0 aliphatic rings. The van der Waals surface area contributed by atoms with Crippen molar-refractivity contribution < 1.29 is 18.0 Å². The molecular formula is C18H21N3O4S. The van der Waals surface area contributed by atoms with E-state index < -0.39 is 16.1 Å². The van der Waals surface area contributed by atoms with Crippen LogP contribution in [0.2, 0.25) is 0 Å². The first-order valence-corrected chi connectivity index (χ1v) is 9.52. The van der Waals surface area contributed by atoms with E-state index in [0.717, 1.165) is 0 Å². The van der Waals surface area contributed by atoms with Crippen LogP contribution in [0, 0.1) is 0 Å². The molecule has 0 aliphatic carbocycles. The number of primary sulfonamides is 1. The van der Waals surface area contributed by atoms with Crippen molar-refractivity contribution >= 4 is 21.8 Å². The van der Waals surface area contributed by atoms with Crippen LogP contribution in [-0.4, -0.2) is 26.3 Å². The number of nitrogens with two attached hydrogens (primary N) is 1. The highest BCUT2D eigenvalue weighted by molar-refractivity contribution is 7.89. The Morgan fingerprint density at radius 2 is 1.50 bits per heavy atom. The van der Waals surface area contributed by atoms with Crippen molar-refractivity contribution in [1.29, 1.82) is 0 Å². The summed E-state index contributed by atoms with van der Waals surface area (Å²) in [5.41, 5.74) is 1.19. The summed E-state index contributed by atoms with van der Waals surface area (Å²) in [5.74, 6) is -0.685. The van der Waals surface area contributed by atoms with Gasteiger partial charge in [0.25, 0.3) is 5.91 Å². The molecule has 8 heteroatoms. The van der Waals surface area contributed by atoms with Crippen LogP contribution in [0.4, 0.5) is 0 Å². The van der Waals surface area contributed by atoms with Gasteiger partial charge in [0, 0.05) is 5.56 Å². The van der Waals surface area contributed by atoms with Gasteiger partial charge >= 0.3 is 0 Å². The third-order valence-corrected chi connectivity index (χ3v) is 4.77. The van der Waals surface area contributed by atoms with Crippen LogP contribution < -0.4 is 15.8 Å². The first-order valence-electron chi connectivity index (χ1n) is 7.97. The van der Waals surface area contributed by atoms with Gasteiger partial charge in [-0.3, -0.25) is 9.59 Å². The quantitative estimate of drug-likeness (QED) is 0.706. The minimum Gasteiger partial charge on any atom is -0.348 e. The summed E-state index contributed by atoms with van der Waals surface area (Å²) in [5, 5.41) is 10.5. The maximum atomic E-state index is 12.3. The van der Waals surface area contributed by atoms with Crippen molar-refractivity contribution in [2.24, 2.45) is 5.14 Å². The first-order chi connectivity index (χ1) is 12.2. The molecule has 2 atom stereocenters. The molecular weight excluding hydrogens is 354 g/mol. The Bertz CT molecular complexity index is 880. The number of rotatable bonds is 6. The lowest BCUT2D eigenvalue weighted by Gasteiger charge is -2.19. The van der Waals surface area contributed by atoms with Gasteiger partial charge in [-0.25, -0.2) is 13.6 Å². The summed E-state index contributed by atoms with van der Waals surface area (Å²) in [4.78, 5) is 24.4. The number of benzene rings is 2. The minimum absolute atomic E-state index is 0.00303. The molecule has 0 aliphatic heterocycles. The Morgan fingerprint density at radius 3 is 2.04 bits per heavy atom. The lowest BCUT2D eigenvalue weighted by Crippen LogP contribution is -2.45. The molecule has 0 spiro atoms. The molecule has 2 amide bonds. The third kappa shape index (κ3) is 5.14. The molecule has 0 aromatic heterocycles. The SMILES string of the molecule is C[C@H](NC(=O)c1ccccc1)C(=O)N[C@H](C)c1ccc(S(N)(=O)=O)cc1. The maximum absolute atomic E-state index is 12.3. The molecule has 0 saturated heterocycles. The third-order valence-electron chi connectivity index (χ3n) is 3.84. The summed E-state index contributed by atoms with van der Waals surface area (Å²) >= 11 is 0. The van der Waals surface area contributed by atoms with Crippen LogP contribution in [0.15, 0.2) is 59.5 Å². The zero-order valence-electron chi connectivity index (χ0n) is 14.5. The van der Waals surface area contributed by atoms with E-state index in [9.17, 15) is 18.0 Å². The van der Waals surface area contributed by atoms with Crippen molar-refractivity contribution in [1.82, 2.24) is 10.6 Å². The van der Waals surface area contributed by atoms with Gasteiger partial charge in [0.05, 0.1) is 10.9 Å². The smallest absolute Gasteiger partial charge is 0.251 e. The molecule has 138 valence electrons. The molecule has 4 N–H and O–H groups in total. The van der Waals surface area contributed by atoms with Crippen LogP contribution in [0.1, 0.15) is 35.8 Å². The predicted molar refractivity (Wildman–Crippen MR) is 97.7 cm³/mol. The van der Waals surface area contributed by atoms with Gasteiger partial charge in [-0.2, -0.15) is 0 Å². The van der Waals surface area contributed by atoms with E-state index in [1.165, 1.54) is 12.1 Å². The zero-order valence-corrected chi connectivity index (χ0v) is 15.3. The summed E-state index contributed by atoms with van der Waals surface area (Å²) in [7, 11) is -3.76. The van der Waals surface area contributed by atoms with E-state index in [-0.39, 0.29) is 22.8 Å². The molecule has 2 rings (SSSR count). The van der Waals surface area contributed by atoms with Gasteiger partial charge < -0.3 is 10.6 Å². The fraction of sp³-hybridized carbons (Fsp3) is 0.222. The molecule has 2 aromatic rings. The van der Waals surface area contributed by atoms with Gasteiger partial charge in [0.15, 0.2) is 0 Å². The Morgan fingerprint density at radius 1 is 0.923 bits per heavy atom. The van der Waals surface area contributed by atoms with E-state index >= 15 is 0 Å². The van der Waals surface area contributed by atoms with Crippen molar-refractivity contribution in [3.05, 3.63) is 65.7 Å². The van der Waals surface area contributed by atoms with E-state index in [4.69, 9.17) is 5.14 Å². The summed E-state index contributed by atoms with van der Waals surface area (Å²) in [6.45, 7) is 3.35. The van der Waals surface area contributed by atoms with Crippen molar-refractivity contribution in [3.63, 3.8) is 0 Å². The monoisotopic (exact) mass is 375 g/mol. The lowest BCUT2D eigenvalue weighted by molar-refractivity contribution is -0.123. The van der Waals surface area contributed by atoms with Crippen LogP contribution in [0.3, 0.4) is 0 Å². The average molecular weight is 375 g/mol. The van der Waals surface area contributed by atoms with Crippen molar-refractivity contribution in [3.8, 4) is 0 Å². The number of hydrogen-bond acceptors (Lipinski definition) is 4. The second-order valence-electron chi connectivity index (χ2n) is 5.91. The number of carbonyl (C=O) groups excluding carboxylic acids is 2. The van der Waals surface area contributed by atoms with Gasteiger partial charge in [-0.15, -0.1) is 0 Å². The molecule has 0 bridgehead atoms. The second kappa shape index (κ2) is 8.11. The summed E-state index contributed by atoms with van der Waals surface area (Å²) in [6.07, 6.45) is 0. The molecule has 2 aromatic carbocycles. The fourth-order valence-electron chi connectivity index (χ4n) is 2.30. The number of hydrogen-bond donors (Lipinski definition) is 3. The van der Waals surface area contributed by atoms with Crippen LogP contribution >= 0.6 is 0 Å². The maximum Gasteiger partial charge on any atom is 0.251 e. The van der Waals surface area contributed by atoms with Crippen LogP contribution in [0.5, 0.6) is 0 Å². The highest BCUT2D eigenvalue weighted by Gasteiger charge is 2.19. The molecule has 0 fully saturated rings. The number of sulfonamides is 1. The highest BCUT2D eigenvalue weighted by atomic mass is 32.2. The Labute approximate surface area is 152 Å². The van der Waals surface area contributed by atoms with Crippen LogP contribution in [-0.2, 0) is 14.8 Å². The first kappa shape index (κ1) is 19.6. The number of nitrogens with one attached hydrogen (secondary N) is 2. The Kier molecular flexibility index (Phi) is 6.12. The van der Waals surface area contributed by atoms with E-state index in [2.05, 4.69) is 10.6 Å². The molecule has 26 heavy (non-hydrogen) atoms. The van der Waals surface area contributed by atoms with Gasteiger partial charge in [0.1, 0.15) is 6.04 Å². The highest BCUT2D eigenvalue weighted by Crippen LogP contribution is 2.15. The second-order valence-corrected chi connectivity index (χ2v) is 7.47. The predicted octanol–water partition coefficient (Wildman–Crippen LogP) is 1.33. The van der Waals surface area contributed by atoms with E-state index in [1.807, 2.05) is 0 Å². The van der Waals surface area contributed by atoms with Gasteiger partial charge in [0.2, 0.25) is 15.9 Å². The minimum atomic E-state index is -3.76. The van der Waals surface area contributed by atoms with Gasteiger partial charge in [-0.05, 0) is 43.7 Å². The zero-order chi connectivity index (χ0) is 19.3. The number of carbonyl (C=O) groups is 2. The molecule has 0 unspecified atom stereocenters. The van der Waals surface area contributed by atoms with Gasteiger partial charge in [-0.1, -0.05) is 30.3 Å². The van der Waals surface area contributed by atoms with Crippen LogP contribution in [0.25, 0.3) is 0 Å². The topological polar surface area (TPSA) is 118 Å². The summed E-state index contributed by atoms with van der Waals surface area (Å²) in [6, 6.07) is 13.4. The molecule has 0 saturated carbocycles. The summed E-state index contributed by atoms with van der Waals surface area (Å²) < 4.78 is 22.5. The Balaban J connectivity index is 1.96. The standard InChI is InChI=1S/C18H21N3O4S/c1-12(14-8-10-16(11-9-14)26(19,24)25)20-17(22)13(2)21-18(23)15-6-4-3-5-7-15/h3-13H,1-2H3,(H,20,22)(H,21,23)(H2,19,24,25)/t12-,13+/m1/s1. The lowest BCUT2D eigenvalue weighted by atomic mass is 10.1. The average Bonchev–Trinajstić information content (AvgIpc) is 2.61. The molecule has 0 radical (unpaired) electrons. The largest absolute Gasteiger partial charge is 0.348 e. The number of amides is 2. The molecule has 7 nitrogen and oxygen atoms in total. The van der Waals surface area contributed by atoms with Crippen molar-refractivity contribution in [2.45, 2.75) is 30.8 Å². The van der Waals surface area contributed by atoms with Crippen molar-refractivity contribution in [2.75, 3.05) is 0 Å². The normalized spacial score (nSPS) is 13.5. The fourth-order valence-corrected chi connectivity index (χ4v) is 2.82. The van der Waals surface area contributed by atoms with E-state index in [0.29, 0.717) is 11.1 Å². The molecule has 0 heterocycles. The Hall–Kier alpha value is -2.71. The van der Waals surface area contributed by atoms with E-state index in [1.54, 1.807) is 56.3 Å².